The van der Waals surface area contributed by atoms with Crippen molar-refractivity contribution in [3.8, 4) is 11.5 Å². The molecule has 0 aliphatic heterocycles. The van der Waals surface area contributed by atoms with Gasteiger partial charge in [-0.1, -0.05) is 13.8 Å². The Bertz CT molecular complexity index is 845. The minimum absolute atomic E-state index is 0.110. The summed E-state index contributed by atoms with van der Waals surface area (Å²) < 4.78 is 11.3. The molecule has 0 fully saturated rings. The second-order valence-electron chi connectivity index (χ2n) is 9.97. The molecule has 0 bridgehead atoms. The Labute approximate surface area is 217 Å². The topological polar surface area (TPSA) is 59.1 Å². The van der Waals surface area contributed by atoms with Gasteiger partial charge in [-0.15, -0.1) is 0 Å². The van der Waals surface area contributed by atoms with Crippen molar-refractivity contribution in [3.63, 3.8) is 0 Å². The summed E-state index contributed by atoms with van der Waals surface area (Å²) in [6, 6.07) is 14.8. The summed E-state index contributed by atoms with van der Waals surface area (Å²) in [5.41, 5.74) is 1.37. The molecule has 0 aliphatic rings. The molecule has 2 rings (SSSR count). The summed E-state index contributed by atoms with van der Waals surface area (Å²) in [6.45, 7) is 6.72. The van der Waals surface area contributed by atoms with Crippen molar-refractivity contribution in [2.45, 2.75) is 39.5 Å². The van der Waals surface area contributed by atoms with Crippen LogP contribution in [0.3, 0.4) is 0 Å². The van der Waals surface area contributed by atoms with Gasteiger partial charge < -0.3 is 19.3 Å². The van der Waals surface area contributed by atoms with Gasteiger partial charge in [0, 0.05) is 36.1 Å². The van der Waals surface area contributed by atoms with E-state index in [9.17, 15) is 9.59 Å². The lowest BCUT2D eigenvalue weighted by atomic mass is 9.86. The standard InChI is InChI=1S/C30H44N2O4/c1-7-19-35-27-15-11-23(12-16-27)29(33)25(21-31(3)4)9-10-26(22-32(5)6)30(34)24-13-17-28(18-14-24)36-20-8-2/h11-18,25-26H,7-10,19-22H2,1-6H3/t25-,26-/m0/s1. The Morgan fingerprint density at radius 1 is 0.639 bits per heavy atom. The van der Waals surface area contributed by atoms with E-state index in [1.807, 2.05) is 86.5 Å². The van der Waals surface area contributed by atoms with Crippen LogP contribution < -0.4 is 9.47 Å². The molecule has 198 valence electrons. The van der Waals surface area contributed by atoms with Crippen LogP contribution in [-0.4, -0.2) is 75.9 Å². The fourth-order valence-corrected chi connectivity index (χ4v) is 4.24. The van der Waals surface area contributed by atoms with Crippen LogP contribution in [0.4, 0.5) is 0 Å². The molecule has 0 N–H and O–H groups in total. The summed E-state index contributed by atoms with van der Waals surface area (Å²) in [4.78, 5) is 30.9. The monoisotopic (exact) mass is 496 g/mol. The number of nitrogens with zero attached hydrogens (tertiary/aromatic N) is 2. The third-order valence-electron chi connectivity index (χ3n) is 6.00. The van der Waals surface area contributed by atoms with E-state index in [0.717, 1.165) is 24.3 Å². The molecule has 0 amide bonds. The van der Waals surface area contributed by atoms with E-state index < -0.39 is 0 Å². The Balaban J connectivity index is 2.13. The fraction of sp³-hybridized carbons (Fsp3) is 0.533. The second-order valence-corrected chi connectivity index (χ2v) is 9.97. The largest absolute Gasteiger partial charge is 0.494 e. The van der Waals surface area contributed by atoms with Crippen LogP contribution >= 0.6 is 0 Å². The quantitative estimate of drug-likeness (QED) is 0.271. The molecule has 6 nitrogen and oxygen atoms in total. The van der Waals surface area contributed by atoms with Gasteiger partial charge >= 0.3 is 0 Å². The van der Waals surface area contributed by atoms with Gasteiger partial charge in [0.25, 0.3) is 0 Å². The van der Waals surface area contributed by atoms with Gasteiger partial charge in [0.15, 0.2) is 11.6 Å². The van der Waals surface area contributed by atoms with Gasteiger partial charge in [-0.25, -0.2) is 0 Å². The number of carbonyl (C=O) groups excluding carboxylic acids is 2. The van der Waals surface area contributed by atoms with Crippen molar-refractivity contribution < 1.29 is 19.1 Å². The Morgan fingerprint density at radius 3 is 1.25 bits per heavy atom. The molecule has 36 heavy (non-hydrogen) atoms. The average molecular weight is 497 g/mol. The third-order valence-corrected chi connectivity index (χ3v) is 6.00. The Morgan fingerprint density at radius 2 is 0.972 bits per heavy atom. The zero-order chi connectivity index (χ0) is 26.5. The predicted octanol–water partition coefficient (Wildman–Crippen LogP) is 5.47. The van der Waals surface area contributed by atoms with Gasteiger partial charge in [-0.2, -0.15) is 0 Å². The summed E-state index contributed by atoms with van der Waals surface area (Å²) in [6.07, 6.45) is 3.17. The van der Waals surface area contributed by atoms with Crippen molar-refractivity contribution in [1.82, 2.24) is 9.80 Å². The van der Waals surface area contributed by atoms with E-state index in [0.29, 0.717) is 50.3 Å². The number of ether oxygens (including phenoxy) is 2. The molecular weight excluding hydrogens is 452 g/mol. The summed E-state index contributed by atoms with van der Waals surface area (Å²) in [5, 5.41) is 0. The van der Waals surface area contributed by atoms with Crippen LogP contribution in [0, 0.1) is 11.8 Å². The molecule has 6 heteroatoms. The predicted molar refractivity (Wildman–Crippen MR) is 146 cm³/mol. The Hall–Kier alpha value is -2.70. The van der Waals surface area contributed by atoms with E-state index >= 15 is 0 Å². The molecule has 0 saturated carbocycles. The van der Waals surface area contributed by atoms with Gasteiger partial charge in [-0.3, -0.25) is 9.59 Å². The van der Waals surface area contributed by atoms with Gasteiger partial charge in [-0.05, 0) is 102 Å². The van der Waals surface area contributed by atoms with Crippen LogP contribution in [-0.2, 0) is 0 Å². The van der Waals surface area contributed by atoms with Crippen molar-refractivity contribution >= 4 is 11.6 Å². The molecule has 2 aromatic rings. The first-order valence-corrected chi connectivity index (χ1v) is 13.1. The molecule has 0 aliphatic carbocycles. The zero-order valence-corrected chi connectivity index (χ0v) is 23.0. The maximum absolute atomic E-state index is 13.4. The average Bonchev–Trinajstić information content (AvgIpc) is 2.87. The molecule has 0 radical (unpaired) electrons. The lowest BCUT2D eigenvalue weighted by molar-refractivity contribution is 0.0834. The summed E-state index contributed by atoms with van der Waals surface area (Å²) in [5.74, 6) is 1.40. The van der Waals surface area contributed by atoms with Gasteiger partial charge in [0.2, 0.25) is 0 Å². The number of ketones is 2. The summed E-state index contributed by atoms with van der Waals surface area (Å²) >= 11 is 0. The molecule has 2 atom stereocenters. The highest BCUT2D eigenvalue weighted by molar-refractivity contribution is 5.99. The molecule has 0 unspecified atom stereocenters. The molecule has 2 aromatic carbocycles. The second kappa shape index (κ2) is 15.4. The van der Waals surface area contributed by atoms with E-state index in [-0.39, 0.29) is 23.4 Å². The SMILES string of the molecule is CCCOc1ccc(C(=O)[C@@H](CC[C@@H](CN(C)C)C(=O)c2ccc(OCCC)cc2)CN(C)C)cc1. The third kappa shape index (κ3) is 9.75. The normalized spacial score (nSPS) is 13.0. The van der Waals surface area contributed by atoms with E-state index in [4.69, 9.17) is 9.47 Å². The number of carbonyl (C=O) groups is 2. The maximum atomic E-state index is 13.4. The van der Waals surface area contributed by atoms with E-state index in [1.165, 1.54) is 0 Å². The minimum atomic E-state index is -0.190. The molecule has 0 saturated heterocycles. The number of hydrogen-bond donors (Lipinski definition) is 0. The zero-order valence-electron chi connectivity index (χ0n) is 23.0. The van der Waals surface area contributed by atoms with Crippen molar-refractivity contribution in [2.75, 3.05) is 54.5 Å². The van der Waals surface area contributed by atoms with Crippen LogP contribution in [0.15, 0.2) is 48.5 Å². The molecular formula is C30H44N2O4. The van der Waals surface area contributed by atoms with Gasteiger partial charge in [0.05, 0.1) is 13.2 Å². The van der Waals surface area contributed by atoms with Crippen molar-refractivity contribution in [3.05, 3.63) is 59.7 Å². The Kier molecular flexibility index (Phi) is 12.6. The fourth-order valence-electron chi connectivity index (χ4n) is 4.24. The first-order chi connectivity index (χ1) is 17.2. The van der Waals surface area contributed by atoms with Crippen molar-refractivity contribution in [1.29, 1.82) is 0 Å². The maximum Gasteiger partial charge on any atom is 0.167 e. The number of rotatable bonds is 17. The highest BCUT2D eigenvalue weighted by atomic mass is 16.5. The highest BCUT2D eigenvalue weighted by Gasteiger charge is 2.26. The van der Waals surface area contributed by atoms with E-state index in [2.05, 4.69) is 13.8 Å². The number of benzene rings is 2. The first-order valence-electron chi connectivity index (χ1n) is 13.1. The lowest BCUT2D eigenvalue weighted by Crippen LogP contribution is -2.32. The summed E-state index contributed by atoms with van der Waals surface area (Å²) in [7, 11) is 7.92. The number of hydrogen-bond acceptors (Lipinski definition) is 6. The van der Waals surface area contributed by atoms with Crippen LogP contribution in [0.5, 0.6) is 11.5 Å². The van der Waals surface area contributed by atoms with Crippen LogP contribution in [0.1, 0.15) is 60.2 Å². The van der Waals surface area contributed by atoms with Crippen LogP contribution in [0.2, 0.25) is 0 Å². The minimum Gasteiger partial charge on any atom is -0.494 e. The van der Waals surface area contributed by atoms with Crippen LogP contribution in [0.25, 0.3) is 0 Å². The smallest absolute Gasteiger partial charge is 0.167 e. The number of Topliss-reactive ketones (excluding diaryl/α,β-unsaturated/α-hetero) is 2. The lowest BCUT2D eigenvalue weighted by Gasteiger charge is -2.24. The van der Waals surface area contributed by atoms with E-state index in [1.54, 1.807) is 0 Å². The van der Waals surface area contributed by atoms with Crippen molar-refractivity contribution in [2.24, 2.45) is 11.8 Å². The molecule has 0 spiro atoms. The molecule has 0 heterocycles. The molecule has 0 aromatic heterocycles. The highest BCUT2D eigenvalue weighted by Crippen LogP contribution is 2.24. The first kappa shape index (κ1) is 29.5. The van der Waals surface area contributed by atoms with Gasteiger partial charge in [0.1, 0.15) is 11.5 Å².